The zero-order chi connectivity index (χ0) is 14.5. The van der Waals surface area contributed by atoms with E-state index in [0.717, 1.165) is 0 Å². The third-order valence-electron chi connectivity index (χ3n) is 2.74. The van der Waals surface area contributed by atoms with Crippen LogP contribution >= 0.6 is 0 Å². The lowest BCUT2D eigenvalue weighted by Crippen LogP contribution is -2.01. The molecule has 100 valence electrons. The van der Waals surface area contributed by atoms with Gasteiger partial charge in [0.05, 0.1) is 5.56 Å². The van der Waals surface area contributed by atoms with Gasteiger partial charge in [0, 0.05) is 5.56 Å². The summed E-state index contributed by atoms with van der Waals surface area (Å²) in [6.45, 7) is 0. The minimum atomic E-state index is -1.00. The quantitative estimate of drug-likeness (QED) is 0.681. The van der Waals surface area contributed by atoms with Crippen molar-refractivity contribution in [1.29, 1.82) is 0 Å². The molecule has 20 heavy (non-hydrogen) atoms. The lowest BCUT2D eigenvalue weighted by molar-refractivity contribution is -0.268. The van der Waals surface area contributed by atoms with Crippen LogP contribution in [-0.4, -0.2) is 16.9 Å². The zero-order valence-corrected chi connectivity index (χ0v) is 10.4. The molecule has 0 aromatic heterocycles. The number of carbonyl (C=O) groups excluding carboxylic acids is 1. The van der Waals surface area contributed by atoms with Crippen LogP contribution in [0.15, 0.2) is 54.6 Å². The van der Waals surface area contributed by atoms with E-state index < -0.39 is 5.97 Å². The number of carboxylic acid groups (broad SMARTS) is 1. The lowest BCUT2D eigenvalue weighted by atomic mass is 10.1. The number of hydrogen-bond acceptors (Lipinski definition) is 3. The molecule has 0 aliphatic rings. The number of carbonyl (C=O) groups is 2. The Labute approximate surface area is 115 Å². The minimum Gasteiger partial charge on any atom is -0.872 e. The van der Waals surface area contributed by atoms with Gasteiger partial charge in [0.15, 0.2) is 5.78 Å². The molecule has 0 aliphatic heterocycles. The molecule has 0 aliphatic carbocycles. The van der Waals surface area contributed by atoms with Crippen molar-refractivity contribution in [2.75, 3.05) is 0 Å². The summed E-state index contributed by atoms with van der Waals surface area (Å²) in [4.78, 5) is 22.5. The summed E-state index contributed by atoms with van der Waals surface area (Å²) in [5.41, 5.74) is 0.982. The van der Waals surface area contributed by atoms with Crippen LogP contribution in [0.4, 0.5) is 0 Å². The van der Waals surface area contributed by atoms with Gasteiger partial charge in [-0.1, -0.05) is 48.2 Å². The molecular weight excluding hydrogens is 256 g/mol. The Morgan fingerprint density at radius 2 is 1.65 bits per heavy atom. The first-order valence-electron chi connectivity index (χ1n) is 5.90. The van der Waals surface area contributed by atoms with Crippen LogP contribution in [0.1, 0.15) is 26.3 Å². The van der Waals surface area contributed by atoms with Gasteiger partial charge in [0.1, 0.15) is 0 Å². The number of aromatic carboxylic acids is 1. The van der Waals surface area contributed by atoms with Crippen LogP contribution in [0, 0.1) is 0 Å². The molecule has 0 heterocycles. The molecule has 0 saturated heterocycles. The van der Waals surface area contributed by atoms with Crippen molar-refractivity contribution >= 4 is 17.8 Å². The van der Waals surface area contributed by atoms with Crippen LogP contribution in [0.5, 0.6) is 5.75 Å². The predicted molar refractivity (Wildman–Crippen MR) is 72.7 cm³/mol. The molecule has 4 heteroatoms. The summed E-state index contributed by atoms with van der Waals surface area (Å²) < 4.78 is 0. The van der Waals surface area contributed by atoms with E-state index >= 15 is 0 Å². The van der Waals surface area contributed by atoms with Gasteiger partial charge in [0.2, 0.25) is 0 Å². The number of para-hydroxylation sites is 1. The second-order valence-electron chi connectivity index (χ2n) is 4.12. The highest BCUT2D eigenvalue weighted by molar-refractivity contribution is 6.08. The molecule has 0 unspecified atom stereocenters. The summed E-state index contributed by atoms with van der Waals surface area (Å²) in [6.07, 6.45) is 2.84. The first-order valence-corrected chi connectivity index (χ1v) is 5.90. The number of benzene rings is 2. The third kappa shape index (κ3) is 3.11. The van der Waals surface area contributed by atoms with Gasteiger partial charge in [-0.2, -0.15) is 0 Å². The Hall–Kier alpha value is -2.88. The van der Waals surface area contributed by atoms with E-state index in [4.69, 9.17) is 5.11 Å². The normalized spacial score (nSPS) is 10.6. The topological polar surface area (TPSA) is 77.4 Å². The Bertz CT molecular complexity index is 669. The second-order valence-corrected chi connectivity index (χ2v) is 4.12. The van der Waals surface area contributed by atoms with Crippen molar-refractivity contribution in [2.24, 2.45) is 0 Å². The molecule has 0 spiro atoms. The van der Waals surface area contributed by atoms with E-state index in [1.165, 1.54) is 30.3 Å². The van der Waals surface area contributed by atoms with E-state index in [1.54, 1.807) is 30.3 Å². The molecule has 2 rings (SSSR count). The van der Waals surface area contributed by atoms with Gasteiger partial charge in [-0.3, -0.25) is 4.79 Å². The van der Waals surface area contributed by atoms with Crippen molar-refractivity contribution in [2.45, 2.75) is 0 Å². The van der Waals surface area contributed by atoms with Crippen molar-refractivity contribution < 1.29 is 19.8 Å². The SMILES string of the molecule is O=C(O)c1ccc(/C=C/C(=O)c2ccccc2[O-])cc1. The van der Waals surface area contributed by atoms with Crippen molar-refractivity contribution in [3.63, 3.8) is 0 Å². The molecule has 0 atom stereocenters. The number of hydrogen-bond donors (Lipinski definition) is 1. The van der Waals surface area contributed by atoms with E-state index in [1.807, 2.05) is 0 Å². The molecule has 0 amide bonds. The molecule has 0 radical (unpaired) electrons. The van der Waals surface area contributed by atoms with Crippen LogP contribution in [-0.2, 0) is 0 Å². The van der Waals surface area contributed by atoms with Gasteiger partial charge < -0.3 is 10.2 Å². The Kier molecular flexibility index (Phi) is 3.96. The van der Waals surface area contributed by atoms with E-state index in [-0.39, 0.29) is 22.7 Å². The molecule has 1 N–H and O–H groups in total. The van der Waals surface area contributed by atoms with E-state index in [9.17, 15) is 14.7 Å². The average molecular weight is 267 g/mol. The maximum absolute atomic E-state index is 11.8. The Morgan fingerprint density at radius 1 is 1.00 bits per heavy atom. The van der Waals surface area contributed by atoms with Crippen molar-refractivity contribution in [3.8, 4) is 5.75 Å². The van der Waals surface area contributed by atoms with Gasteiger partial charge in [0.25, 0.3) is 0 Å². The molecule has 2 aromatic rings. The van der Waals surface area contributed by atoms with Crippen LogP contribution in [0.3, 0.4) is 0 Å². The van der Waals surface area contributed by atoms with E-state index in [0.29, 0.717) is 5.56 Å². The Morgan fingerprint density at radius 3 is 2.25 bits per heavy atom. The molecule has 0 bridgehead atoms. The maximum Gasteiger partial charge on any atom is 0.335 e. The van der Waals surface area contributed by atoms with Gasteiger partial charge in [-0.15, -0.1) is 0 Å². The van der Waals surface area contributed by atoms with Crippen LogP contribution in [0.25, 0.3) is 6.08 Å². The van der Waals surface area contributed by atoms with Crippen LogP contribution < -0.4 is 5.11 Å². The summed E-state index contributed by atoms with van der Waals surface area (Å²) in [6, 6.07) is 12.1. The maximum atomic E-state index is 11.8. The second kappa shape index (κ2) is 5.84. The van der Waals surface area contributed by atoms with Gasteiger partial charge in [-0.25, -0.2) is 4.79 Å². The fourth-order valence-electron chi connectivity index (χ4n) is 1.67. The fraction of sp³-hybridized carbons (Fsp3) is 0. The molecule has 0 fully saturated rings. The zero-order valence-electron chi connectivity index (χ0n) is 10.4. The average Bonchev–Trinajstić information content (AvgIpc) is 2.45. The number of carboxylic acids is 1. The Balaban J connectivity index is 2.15. The monoisotopic (exact) mass is 267 g/mol. The summed E-state index contributed by atoms with van der Waals surface area (Å²) in [7, 11) is 0. The van der Waals surface area contributed by atoms with Gasteiger partial charge in [-0.05, 0) is 23.8 Å². The van der Waals surface area contributed by atoms with Gasteiger partial charge >= 0.3 is 5.97 Å². The number of rotatable bonds is 4. The molecule has 0 saturated carbocycles. The smallest absolute Gasteiger partial charge is 0.335 e. The highest BCUT2D eigenvalue weighted by Gasteiger charge is 2.03. The largest absolute Gasteiger partial charge is 0.872 e. The third-order valence-corrected chi connectivity index (χ3v) is 2.74. The van der Waals surface area contributed by atoms with Crippen molar-refractivity contribution in [1.82, 2.24) is 0 Å². The standard InChI is InChI=1S/C16H12O4/c17-14-4-2-1-3-13(14)15(18)10-7-11-5-8-12(9-6-11)16(19)20/h1-10,17H,(H,19,20)/p-1/b10-7+. The van der Waals surface area contributed by atoms with E-state index in [2.05, 4.69) is 0 Å². The lowest BCUT2D eigenvalue weighted by Gasteiger charge is -2.09. The first-order chi connectivity index (χ1) is 9.58. The summed E-state index contributed by atoms with van der Waals surface area (Å²) >= 11 is 0. The molecular formula is C16H11O4-. The number of allylic oxidation sites excluding steroid dienone is 1. The summed E-state index contributed by atoms with van der Waals surface area (Å²) in [5.74, 6) is -1.70. The first kappa shape index (κ1) is 13.5. The molecule has 4 nitrogen and oxygen atoms in total. The molecule has 2 aromatic carbocycles. The summed E-state index contributed by atoms with van der Waals surface area (Å²) in [5, 5.41) is 20.2. The van der Waals surface area contributed by atoms with Crippen LogP contribution in [0.2, 0.25) is 0 Å². The fourth-order valence-corrected chi connectivity index (χ4v) is 1.67. The highest BCUT2D eigenvalue weighted by atomic mass is 16.4. The predicted octanol–water partition coefficient (Wildman–Crippen LogP) is 2.35. The highest BCUT2D eigenvalue weighted by Crippen LogP contribution is 2.14. The minimum absolute atomic E-state index is 0.117. The number of ketones is 1. The van der Waals surface area contributed by atoms with Crippen molar-refractivity contribution in [3.05, 3.63) is 71.3 Å².